The summed E-state index contributed by atoms with van der Waals surface area (Å²) in [5.41, 5.74) is 0. The van der Waals surface area contributed by atoms with E-state index < -0.39 is 0 Å². The van der Waals surface area contributed by atoms with E-state index in [2.05, 4.69) is 18.8 Å². The van der Waals surface area contributed by atoms with Crippen LogP contribution >= 0.6 is 0 Å². The third kappa shape index (κ3) is 5.64. The first kappa shape index (κ1) is 10.2. The Kier molecular flexibility index (Phi) is 5.53. The number of rotatable bonds is 6. The third-order valence-corrected chi connectivity index (χ3v) is 1.62. The summed E-state index contributed by atoms with van der Waals surface area (Å²) in [4.78, 5) is 10.3. The molecule has 0 aliphatic carbocycles. The first-order valence-corrected chi connectivity index (χ1v) is 4.00. The highest BCUT2D eigenvalue weighted by Gasteiger charge is 2.05. The van der Waals surface area contributed by atoms with Crippen LogP contribution in [0.2, 0.25) is 0 Å². The molecule has 2 heteroatoms. The molecular formula is C9H17NO. The molecule has 0 saturated carbocycles. The molecule has 1 unspecified atom stereocenters. The van der Waals surface area contributed by atoms with Crippen molar-refractivity contribution < 1.29 is 4.79 Å². The fourth-order valence-corrected chi connectivity index (χ4v) is 1.06. The van der Waals surface area contributed by atoms with Crippen molar-refractivity contribution in [2.75, 3.05) is 6.54 Å². The molecule has 0 aromatic heterocycles. The van der Waals surface area contributed by atoms with E-state index >= 15 is 0 Å². The van der Waals surface area contributed by atoms with E-state index in [0.717, 1.165) is 19.3 Å². The average molecular weight is 155 g/mol. The van der Waals surface area contributed by atoms with Crippen molar-refractivity contribution in [3.8, 4) is 0 Å². The fourth-order valence-electron chi connectivity index (χ4n) is 1.06. The molecule has 0 aromatic carbocycles. The van der Waals surface area contributed by atoms with Gasteiger partial charge in [0.1, 0.15) is 6.29 Å². The monoisotopic (exact) mass is 155 g/mol. The molecule has 0 aliphatic rings. The molecule has 0 heterocycles. The Hall–Kier alpha value is -0.790. The molecule has 0 amide bonds. The molecule has 0 rings (SSSR count). The highest BCUT2D eigenvalue weighted by molar-refractivity contribution is 5.52. The summed E-state index contributed by atoms with van der Waals surface area (Å²) >= 11 is 0. The Morgan fingerprint density at radius 2 is 2.18 bits per heavy atom. The smallest absolute Gasteiger partial charge is 0.122 e. The Labute approximate surface area is 68.7 Å². The summed E-state index contributed by atoms with van der Waals surface area (Å²) < 4.78 is 0. The molecule has 11 heavy (non-hydrogen) atoms. The van der Waals surface area contributed by atoms with Gasteiger partial charge < -0.3 is 10.1 Å². The highest BCUT2D eigenvalue weighted by atomic mass is 16.1. The van der Waals surface area contributed by atoms with E-state index in [1.54, 1.807) is 6.20 Å². The Bertz CT molecular complexity index is 123. The summed E-state index contributed by atoms with van der Waals surface area (Å²) in [5, 5.41) is 3.03. The van der Waals surface area contributed by atoms with Crippen LogP contribution in [0.15, 0.2) is 12.8 Å². The summed E-state index contributed by atoms with van der Waals surface area (Å²) in [7, 11) is 0. The van der Waals surface area contributed by atoms with Gasteiger partial charge in [0.2, 0.25) is 0 Å². The number of hydrogen-bond donors (Lipinski definition) is 1. The molecule has 0 saturated heterocycles. The molecule has 1 N–H and O–H groups in total. The number of aldehydes is 1. The van der Waals surface area contributed by atoms with Gasteiger partial charge in [-0.15, -0.1) is 0 Å². The summed E-state index contributed by atoms with van der Waals surface area (Å²) in [6.07, 6.45) is 3.64. The fraction of sp³-hybridized carbons (Fsp3) is 0.667. The number of carbonyl (C=O) groups is 1. The lowest BCUT2D eigenvalue weighted by atomic mass is 9.99. The molecule has 0 aliphatic heterocycles. The Balaban J connectivity index is 3.42. The van der Waals surface area contributed by atoms with Gasteiger partial charge >= 0.3 is 0 Å². The maximum Gasteiger partial charge on any atom is 0.122 e. The minimum Gasteiger partial charge on any atom is -0.391 e. The van der Waals surface area contributed by atoms with Crippen molar-refractivity contribution in [2.45, 2.75) is 20.3 Å². The molecule has 0 radical (unpaired) electrons. The Morgan fingerprint density at radius 1 is 1.55 bits per heavy atom. The SMILES string of the molecule is C=CNCC(C)C[C@H](C)C=O. The summed E-state index contributed by atoms with van der Waals surface area (Å²) in [5.74, 6) is 0.713. The predicted octanol–water partition coefficient (Wildman–Crippen LogP) is 1.58. The van der Waals surface area contributed by atoms with E-state index in [1.807, 2.05) is 6.92 Å². The van der Waals surface area contributed by atoms with E-state index in [-0.39, 0.29) is 5.92 Å². The van der Waals surface area contributed by atoms with Crippen LogP contribution in [0.3, 0.4) is 0 Å². The van der Waals surface area contributed by atoms with Crippen LogP contribution in [0.1, 0.15) is 20.3 Å². The largest absolute Gasteiger partial charge is 0.391 e. The number of carbonyl (C=O) groups excluding carboxylic acids is 1. The first-order chi connectivity index (χ1) is 5.20. The average Bonchev–Trinajstić information content (AvgIpc) is 2.00. The van der Waals surface area contributed by atoms with Crippen LogP contribution < -0.4 is 5.32 Å². The van der Waals surface area contributed by atoms with Gasteiger partial charge in [0, 0.05) is 12.5 Å². The Morgan fingerprint density at radius 3 is 2.64 bits per heavy atom. The van der Waals surface area contributed by atoms with E-state index in [4.69, 9.17) is 0 Å². The van der Waals surface area contributed by atoms with Crippen LogP contribution in [-0.2, 0) is 4.79 Å². The standard InChI is InChI=1S/C9H17NO/c1-4-10-6-8(2)5-9(3)7-11/h4,7-10H,1,5-6H2,2-3H3/t8?,9-/m0/s1. The van der Waals surface area contributed by atoms with Crippen LogP contribution in [0.25, 0.3) is 0 Å². The maximum absolute atomic E-state index is 10.3. The summed E-state index contributed by atoms with van der Waals surface area (Å²) in [6.45, 7) is 8.52. The van der Waals surface area contributed by atoms with Gasteiger partial charge in [-0.1, -0.05) is 20.4 Å². The second kappa shape index (κ2) is 5.96. The van der Waals surface area contributed by atoms with Crippen molar-refractivity contribution in [2.24, 2.45) is 11.8 Å². The normalized spacial score (nSPS) is 15.1. The van der Waals surface area contributed by atoms with Crippen molar-refractivity contribution in [1.29, 1.82) is 0 Å². The lowest BCUT2D eigenvalue weighted by Crippen LogP contribution is -2.17. The van der Waals surface area contributed by atoms with Crippen molar-refractivity contribution >= 4 is 6.29 Å². The molecule has 64 valence electrons. The zero-order valence-corrected chi connectivity index (χ0v) is 7.34. The number of nitrogens with one attached hydrogen (secondary N) is 1. The molecular weight excluding hydrogens is 138 g/mol. The number of hydrogen-bond acceptors (Lipinski definition) is 2. The van der Waals surface area contributed by atoms with Gasteiger partial charge in [0.15, 0.2) is 0 Å². The second-order valence-corrected chi connectivity index (χ2v) is 3.07. The van der Waals surface area contributed by atoms with Crippen LogP contribution in [0.5, 0.6) is 0 Å². The van der Waals surface area contributed by atoms with Gasteiger partial charge in [-0.25, -0.2) is 0 Å². The van der Waals surface area contributed by atoms with Crippen LogP contribution in [-0.4, -0.2) is 12.8 Å². The maximum atomic E-state index is 10.3. The van der Waals surface area contributed by atoms with E-state index in [1.165, 1.54) is 0 Å². The van der Waals surface area contributed by atoms with Crippen LogP contribution in [0, 0.1) is 11.8 Å². The molecule has 0 spiro atoms. The van der Waals surface area contributed by atoms with Crippen molar-refractivity contribution in [3.05, 3.63) is 12.8 Å². The van der Waals surface area contributed by atoms with Gasteiger partial charge in [-0.05, 0) is 18.5 Å². The van der Waals surface area contributed by atoms with Gasteiger partial charge in [0.25, 0.3) is 0 Å². The quantitative estimate of drug-likeness (QED) is 0.590. The zero-order chi connectivity index (χ0) is 8.69. The molecule has 0 bridgehead atoms. The topological polar surface area (TPSA) is 29.1 Å². The van der Waals surface area contributed by atoms with E-state index in [9.17, 15) is 4.79 Å². The molecule has 0 aromatic rings. The first-order valence-electron chi connectivity index (χ1n) is 4.00. The van der Waals surface area contributed by atoms with Crippen molar-refractivity contribution in [1.82, 2.24) is 5.32 Å². The van der Waals surface area contributed by atoms with E-state index in [0.29, 0.717) is 5.92 Å². The third-order valence-electron chi connectivity index (χ3n) is 1.62. The zero-order valence-electron chi connectivity index (χ0n) is 7.34. The molecule has 2 atom stereocenters. The molecule has 2 nitrogen and oxygen atoms in total. The molecule has 0 fully saturated rings. The lowest BCUT2D eigenvalue weighted by molar-refractivity contribution is -0.111. The highest BCUT2D eigenvalue weighted by Crippen LogP contribution is 2.07. The van der Waals surface area contributed by atoms with Gasteiger partial charge in [-0.3, -0.25) is 0 Å². The summed E-state index contributed by atoms with van der Waals surface area (Å²) in [6, 6.07) is 0. The van der Waals surface area contributed by atoms with Gasteiger partial charge in [0.05, 0.1) is 0 Å². The van der Waals surface area contributed by atoms with Crippen LogP contribution in [0.4, 0.5) is 0 Å². The minimum atomic E-state index is 0.177. The minimum absolute atomic E-state index is 0.177. The lowest BCUT2D eigenvalue weighted by Gasteiger charge is -2.12. The van der Waals surface area contributed by atoms with Crippen molar-refractivity contribution in [3.63, 3.8) is 0 Å². The van der Waals surface area contributed by atoms with Gasteiger partial charge in [-0.2, -0.15) is 0 Å². The second-order valence-electron chi connectivity index (χ2n) is 3.07. The predicted molar refractivity (Wildman–Crippen MR) is 47.2 cm³/mol.